The smallest absolute Gasteiger partial charge is 0.232 e. The quantitative estimate of drug-likeness (QED) is 0.585. The summed E-state index contributed by atoms with van der Waals surface area (Å²) in [6, 6.07) is 10.2. The van der Waals surface area contributed by atoms with Crippen LogP contribution in [0.3, 0.4) is 0 Å². The zero-order chi connectivity index (χ0) is 19.0. The van der Waals surface area contributed by atoms with Gasteiger partial charge in [-0.3, -0.25) is 10.1 Å². The molecule has 2 N–H and O–H groups in total. The van der Waals surface area contributed by atoms with Crippen molar-refractivity contribution in [3.63, 3.8) is 0 Å². The van der Waals surface area contributed by atoms with Crippen molar-refractivity contribution in [3.8, 4) is 11.3 Å². The normalized spacial score (nSPS) is 11.1. The third-order valence-electron chi connectivity index (χ3n) is 4.73. The summed E-state index contributed by atoms with van der Waals surface area (Å²) in [5, 5.41) is 9.12. The molecule has 3 aromatic heterocycles. The average Bonchev–Trinajstić information content (AvgIpc) is 3.27. The highest BCUT2D eigenvalue weighted by Gasteiger charge is 2.19. The molecule has 0 radical (unpaired) electrons. The molecule has 0 aliphatic heterocycles. The van der Waals surface area contributed by atoms with Crippen molar-refractivity contribution >= 4 is 17.5 Å². The second-order valence-electron chi connectivity index (χ2n) is 6.65. The van der Waals surface area contributed by atoms with Crippen LogP contribution in [0, 0.1) is 20.8 Å². The molecule has 0 saturated carbocycles. The molecule has 1 aromatic carbocycles. The van der Waals surface area contributed by atoms with Crippen LogP contribution < -0.4 is 5.32 Å². The number of nitrogens with zero attached hydrogens (tertiary/aromatic N) is 4. The van der Waals surface area contributed by atoms with Crippen LogP contribution in [0.1, 0.15) is 22.4 Å². The lowest BCUT2D eigenvalue weighted by Crippen LogP contribution is -2.17. The van der Waals surface area contributed by atoms with E-state index in [0.29, 0.717) is 5.95 Å². The maximum atomic E-state index is 12.6. The molecular weight excluding hydrogens is 340 g/mol. The van der Waals surface area contributed by atoms with Crippen molar-refractivity contribution in [2.45, 2.75) is 27.2 Å². The van der Waals surface area contributed by atoms with Gasteiger partial charge in [-0.25, -0.2) is 10.1 Å². The van der Waals surface area contributed by atoms with Crippen LogP contribution in [0.4, 0.5) is 5.95 Å². The van der Waals surface area contributed by atoms with E-state index in [1.54, 1.807) is 0 Å². The van der Waals surface area contributed by atoms with E-state index in [1.807, 2.05) is 29.7 Å². The van der Waals surface area contributed by atoms with Gasteiger partial charge in [-0.05, 0) is 49.6 Å². The summed E-state index contributed by atoms with van der Waals surface area (Å²) >= 11 is 0. The zero-order valence-electron chi connectivity index (χ0n) is 15.4. The number of benzene rings is 1. The highest BCUT2D eigenvalue weighted by molar-refractivity contribution is 5.91. The second kappa shape index (κ2) is 6.68. The molecule has 0 fully saturated rings. The molecule has 0 unspecified atom stereocenters. The highest BCUT2D eigenvalue weighted by Crippen LogP contribution is 2.28. The Morgan fingerprint density at radius 1 is 1.15 bits per heavy atom. The molecule has 1 amide bonds. The lowest BCUT2D eigenvalue weighted by atomic mass is 10.0. The van der Waals surface area contributed by atoms with Gasteiger partial charge >= 0.3 is 0 Å². The molecule has 0 saturated heterocycles. The Hall–Kier alpha value is -3.48. The fourth-order valence-corrected chi connectivity index (χ4v) is 3.14. The number of imidazole rings is 1. The fourth-order valence-electron chi connectivity index (χ4n) is 3.14. The summed E-state index contributed by atoms with van der Waals surface area (Å²) in [6.45, 7) is 6.18. The summed E-state index contributed by atoms with van der Waals surface area (Å²) < 4.78 is 1.99. The number of carbonyl (C=O) groups excluding carboxylic acids is 1. The number of carbonyl (C=O) groups is 1. The summed E-state index contributed by atoms with van der Waals surface area (Å²) in [7, 11) is 0. The number of nitrogens with one attached hydrogen (secondary N) is 2. The van der Waals surface area contributed by atoms with Gasteiger partial charge < -0.3 is 4.40 Å². The minimum absolute atomic E-state index is 0.174. The topological polar surface area (TPSA) is 88.0 Å². The van der Waals surface area contributed by atoms with E-state index in [-0.39, 0.29) is 12.3 Å². The van der Waals surface area contributed by atoms with Crippen molar-refractivity contribution in [2.24, 2.45) is 0 Å². The molecule has 4 aromatic rings. The third kappa shape index (κ3) is 3.19. The first-order chi connectivity index (χ1) is 13.0. The van der Waals surface area contributed by atoms with Gasteiger partial charge in [0.1, 0.15) is 12.0 Å². The molecule has 0 atom stereocenters. The second-order valence-corrected chi connectivity index (χ2v) is 6.65. The van der Waals surface area contributed by atoms with Crippen LogP contribution in [0.2, 0.25) is 0 Å². The predicted octanol–water partition coefficient (Wildman–Crippen LogP) is 3.23. The van der Waals surface area contributed by atoms with E-state index < -0.39 is 0 Å². The third-order valence-corrected chi connectivity index (χ3v) is 4.73. The van der Waals surface area contributed by atoms with Gasteiger partial charge in [0.05, 0.1) is 17.8 Å². The number of amides is 1. The van der Waals surface area contributed by atoms with Crippen molar-refractivity contribution in [1.29, 1.82) is 0 Å². The Labute approximate surface area is 156 Å². The molecule has 0 bridgehead atoms. The molecule has 136 valence electrons. The molecule has 0 aliphatic rings. The number of hydrogen-bond donors (Lipinski definition) is 2. The van der Waals surface area contributed by atoms with Crippen molar-refractivity contribution < 1.29 is 4.79 Å². The van der Waals surface area contributed by atoms with Crippen LogP contribution in [-0.4, -0.2) is 30.5 Å². The van der Waals surface area contributed by atoms with E-state index in [0.717, 1.165) is 28.2 Å². The standard InChI is InChI=1S/C20H20N6O/c1-12-6-7-15(9-14(12)3)18-16(10-17(27)23-20-21-11-22-25-20)26-8-4-5-13(2)19(26)24-18/h4-9,11H,10H2,1-3H3,(H2,21,22,23,25,27). The minimum Gasteiger partial charge on any atom is -0.303 e. The largest absolute Gasteiger partial charge is 0.303 e. The summed E-state index contributed by atoms with van der Waals surface area (Å²) in [6.07, 6.45) is 3.47. The van der Waals surface area contributed by atoms with E-state index in [9.17, 15) is 4.79 Å². The summed E-state index contributed by atoms with van der Waals surface area (Å²) in [5.74, 6) is 0.151. The van der Waals surface area contributed by atoms with Gasteiger partial charge in [-0.1, -0.05) is 18.2 Å². The number of pyridine rings is 1. The van der Waals surface area contributed by atoms with Crippen LogP contribution >= 0.6 is 0 Å². The monoisotopic (exact) mass is 360 g/mol. The van der Waals surface area contributed by atoms with Gasteiger partial charge in [0.2, 0.25) is 11.9 Å². The first-order valence-electron chi connectivity index (χ1n) is 8.72. The maximum Gasteiger partial charge on any atom is 0.232 e. The van der Waals surface area contributed by atoms with E-state index in [4.69, 9.17) is 4.98 Å². The summed E-state index contributed by atoms with van der Waals surface area (Å²) in [4.78, 5) is 21.4. The molecule has 4 rings (SSSR count). The molecule has 0 aliphatic carbocycles. The number of rotatable bonds is 4. The number of hydrogen-bond acceptors (Lipinski definition) is 4. The number of aromatic amines is 1. The van der Waals surface area contributed by atoms with E-state index in [1.165, 1.54) is 17.5 Å². The zero-order valence-corrected chi connectivity index (χ0v) is 15.4. The predicted molar refractivity (Wildman–Crippen MR) is 104 cm³/mol. The van der Waals surface area contributed by atoms with Crippen LogP contribution in [0.5, 0.6) is 0 Å². The van der Waals surface area contributed by atoms with Crippen LogP contribution in [0.15, 0.2) is 42.9 Å². The summed E-state index contributed by atoms with van der Waals surface area (Å²) in [5.41, 5.74) is 7.00. The number of aryl methyl sites for hydroxylation is 3. The van der Waals surface area contributed by atoms with Gasteiger partial charge in [-0.2, -0.15) is 10.1 Å². The Bertz CT molecular complexity index is 1130. The number of H-pyrrole nitrogens is 1. The number of fused-ring (bicyclic) bond motifs is 1. The Morgan fingerprint density at radius 2 is 2.00 bits per heavy atom. The Balaban J connectivity index is 1.80. The van der Waals surface area contributed by atoms with Crippen molar-refractivity contribution in [3.05, 3.63) is 65.2 Å². The first-order valence-corrected chi connectivity index (χ1v) is 8.72. The lowest BCUT2D eigenvalue weighted by molar-refractivity contribution is -0.115. The molecule has 27 heavy (non-hydrogen) atoms. The Morgan fingerprint density at radius 3 is 2.74 bits per heavy atom. The van der Waals surface area contributed by atoms with Crippen molar-refractivity contribution in [1.82, 2.24) is 24.6 Å². The van der Waals surface area contributed by atoms with E-state index in [2.05, 4.69) is 52.5 Å². The molecule has 7 nitrogen and oxygen atoms in total. The molecule has 3 heterocycles. The maximum absolute atomic E-state index is 12.6. The fraction of sp³-hybridized carbons (Fsp3) is 0.200. The van der Waals surface area contributed by atoms with Gasteiger partial charge in [-0.15, -0.1) is 0 Å². The molecule has 7 heteroatoms. The molecular formula is C20H20N6O. The van der Waals surface area contributed by atoms with Gasteiger partial charge in [0.15, 0.2) is 0 Å². The first kappa shape index (κ1) is 17.0. The highest BCUT2D eigenvalue weighted by atomic mass is 16.1. The number of anilines is 1. The van der Waals surface area contributed by atoms with Gasteiger partial charge in [0, 0.05) is 11.8 Å². The number of aromatic nitrogens is 5. The van der Waals surface area contributed by atoms with E-state index >= 15 is 0 Å². The molecule has 0 spiro atoms. The SMILES string of the molecule is Cc1ccc(-c2nc3c(C)cccn3c2CC(=O)Nc2ncn[nH]2)cc1C. The van der Waals surface area contributed by atoms with Crippen LogP contribution in [0.25, 0.3) is 16.9 Å². The van der Waals surface area contributed by atoms with Crippen molar-refractivity contribution in [2.75, 3.05) is 5.32 Å². The van der Waals surface area contributed by atoms with Gasteiger partial charge in [0.25, 0.3) is 0 Å². The lowest BCUT2D eigenvalue weighted by Gasteiger charge is -2.07. The average molecular weight is 360 g/mol. The van der Waals surface area contributed by atoms with Crippen LogP contribution in [-0.2, 0) is 11.2 Å². The Kier molecular flexibility index (Phi) is 4.19. The minimum atomic E-state index is -0.180.